The van der Waals surface area contributed by atoms with Crippen molar-refractivity contribution in [2.45, 2.75) is 58.0 Å². The van der Waals surface area contributed by atoms with Gasteiger partial charge in [-0.2, -0.15) is 0 Å². The molecular formula is C14H32N2O2. The van der Waals surface area contributed by atoms with Crippen LogP contribution in [-0.4, -0.2) is 44.1 Å². The van der Waals surface area contributed by atoms with Crippen molar-refractivity contribution in [2.24, 2.45) is 5.73 Å². The first-order valence-electron chi connectivity index (χ1n) is 7.47. The quantitative estimate of drug-likeness (QED) is 0.416. The molecule has 110 valence electrons. The Hall–Kier alpha value is -0.160. The first-order valence-corrected chi connectivity index (χ1v) is 7.47. The van der Waals surface area contributed by atoms with Crippen LogP contribution in [0.15, 0.2) is 0 Å². The molecule has 0 aliphatic rings. The summed E-state index contributed by atoms with van der Waals surface area (Å²) in [5, 5.41) is 12.8. The van der Waals surface area contributed by atoms with E-state index >= 15 is 0 Å². The van der Waals surface area contributed by atoms with Crippen LogP contribution in [0, 0.1) is 0 Å². The highest BCUT2D eigenvalue weighted by molar-refractivity contribution is 4.58. The lowest BCUT2D eigenvalue weighted by Gasteiger charge is -2.12. The van der Waals surface area contributed by atoms with Crippen LogP contribution in [0.5, 0.6) is 0 Å². The van der Waals surface area contributed by atoms with E-state index in [0.717, 1.165) is 26.0 Å². The van der Waals surface area contributed by atoms with Gasteiger partial charge in [-0.1, -0.05) is 39.0 Å². The highest BCUT2D eigenvalue weighted by atomic mass is 16.5. The van der Waals surface area contributed by atoms with Gasteiger partial charge in [0.15, 0.2) is 0 Å². The van der Waals surface area contributed by atoms with Gasteiger partial charge in [0.2, 0.25) is 0 Å². The van der Waals surface area contributed by atoms with Crippen molar-refractivity contribution < 1.29 is 9.84 Å². The number of unbranched alkanes of at least 4 members (excludes halogenated alkanes) is 5. The first kappa shape index (κ1) is 17.8. The number of aliphatic hydroxyl groups excluding tert-OH is 1. The highest BCUT2D eigenvalue weighted by Crippen LogP contribution is 2.04. The maximum Gasteiger partial charge on any atom is 0.0897 e. The van der Waals surface area contributed by atoms with Crippen molar-refractivity contribution in [2.75, 3.05) is 32.8 Å². The molecule has 4 heteroatoms. The topological polar surface area (TPSA) is 67.5 Å². The molecule has 0 bridgehead atoms. The summed E-state index contributed by atoms with van der Waals surface area (Å²) in [6.45, 7) is 5.59. The first-order chi connectivity index (χ1) is 8.81. The Kier molecular flexibility index (Phi) is 14.8. The van der Waals surface area contributed by atoms with Crippen molar-refractivity contribution in [1.82, 2.24) is 5.32 Å². The maximum absolute atomic E-state index is 9.60. The summed E-state index contributed by atoms with van der Waals surface area (Å²) in [6.07, 6.45) is 8.17. The van der Waals surface area contributed by atoms with E-state index < -0.39 is 6.10 Å². The van der Waals surface area contributed by atoms with E-state index in [4.69, 9.17) is 10.5 Å². The Morgan fingerprint density at radius 3 is 2.56 bits per heavy atom. The Morgan fingerprint density at radius 2 is 1.83 bits per heavy atom. The lowest BCUT2D eigenvalue weighted by molar-refractivity contribution is 0.0355. The fourth-order valence-electron chi connectivity index (χ4n) is 1.76. The summed E-state index contributed by atoms with van der Waals surface area (Å²) < 4.78 is 5.44. The van der Waals surface area contributed by atoms with Gasteiger partial charge in [-0.25, -0.2) is 0 Å². The van der Waals surface area contributed by atoms with Gasteiger partial charge in [-0.15, -0.1) is 0 Å². The summed E-state index contributed by atoms with van der Waals surface area (Å²) in [5.41, 5.74) is 5.38. The van der Waals surface area contributed by atoms with Crippen LogP contribution in [0.25, 0.3) is 0 Å². The Balaban J connectivity index is 3.08. The Morgan fingerprint density at radius 1 is 1.11 bits per heavy atom. The van der Waals surface area contributed by atoms with Gasteiger partial charge in [0.1, 0.15) is 0 Å². The van der Waals surface area contributed by atoms with Gasteiger partial charge in [0, 0.05) is 13.2 Å². The van der Waals surface area contributed by atoms with Crippen LogP contribution < -0.4 is 11.1 Å². The smallest absolute Gasteiger partial charge is 0.0897 e. The van der Waals surface area contributed by atoms with E-state index in [1.807, 2.05) is 0 Å². The number of nitrogens with two attached hydrogens (primary N) is 1. The molecule has 0 radical (unpaired) electrons. The van der Waals surface area contributed by atoms with Crippen molar-refractivity contribution >= 4 is 0 Å². The lowest BCUT2D eigenvalue weighted by Crippen LogP contribution is -2.31. The number of aliphatic hydroxyl groups is 1. The largest absolute Gasteiger partial charge is 0.389 e. The minimum atomic E-state index is -0.400. The summed E-state index contributed by atoms with van der Waals surface area (Å²) in [5.74, 6) is 0. The molecule has 0 spiro atoms. The molecule has 0 aliphatic heterocycles. The van der Waals surface area contributed by atoms with Crippen LogP contribution in [0.3, 0.4) is 0 Å². The van der Waals surface area contributed by atoms with E-state index in [9.17, 15) is 5.11 Å². The molecule has 4 N–H and O–H groups in total. The standard InChI is InChI=1S/C14H32N2O2/c1-2-3-4-5-6-7-11-18-13-14(17)12-16-10-8-9-15/h14,16-17H,2-13,15H2,1H3. The molecule has 0 heterocycles. The van der Waals surface area contributed by atoms with Gasteiger partial charge < -0.3 is 20.9 Å². The summed E-state index contributed by atoms with van der Waals surface area (Å²) in [4.78, 5) is 0. The summed E-state index contributed by atoms with van der Waals surface area (Å²) >= 11 is 0. The lowest BCUT2D eigenvalue weighted by atomic mass is 10.1. The zero-order valence-corrected chi connectivity index (χ0v) is 12.0. The second-order valence-corrected chi connectivity index (χ2v) is 4.84. The van der Waals surface area contributed by atoms with Crippen molar-refractivity contribution in [3.8, 4) is 0 Å². The minimum absolute atomic E-state index is 0.400. The van der Waals surface area contributed by atoms with E-state index in [2.05, 4.69) is 12.2 Å². The van der Waals surface area contributed by atoms with Gasteiger partial charge in [-0.05, 0) is 25.9 Å². The molecular weight excluding hydrogens is 228 g/mol. The van der Waals surface area contributed by atoms with Gasteiger partial charge in [0.05, 0.1) is 12.7 Å². The average Bonchev–Trinajstić information content (AvgIpc) is 2.38. The number of nitrogens with one attached hydrogen (secondary N) is 1. The molecule has 0 aliphatic carbocycles. The predicted molar refractivity (Wildman–Crippen MR) is 76.7 cm³/mol. The number of ether oxygens (including phenoxy) is 1. The van der Waals surface area contributed by atoms with Crippen LogP contribution in [0.1, 0.15) is 51.9 Å². The van der Waals surface area contributed by atoms with Crippen LogP contribution >= 0.6 is 0 Å². The molecule has 1 unspecified atom stereocenters. The number of hydrogen-bond donors (Lipinski definition) is 3. The maximum atomic E-state index is 9.60. The van der Waals surface area contributed by atoms with Gasteiger partial charge in [-0.3, -0.25) is 0 Å². The number of hydrogen-bond acceptors (Lipinski definition) is 4. The van der Waals surface area contributed by atoms with Crippen molar-refractivity contribution in [1.29, 1.82) is 0 Å². The molecule has 0 rings (SSSR count). The minimum Gasteiger partial charge on any atom is -0.389 e. The van der Waals surface area contributed by atoms with E-state index in [0.29, 0.717) is 19.7 Å². The predicted octanol–water partition coefficient (Wildman–Crippen LogP) is 1.66. The van der Waals surface area contributed by atoms with E-state index in [1.54, 1.807) is 0 Å². The molecule has 4 nitrogen and oxygen atoms in total. The van der Waals surface area contributed by atoms with Crippen LogP contribution in [0.2, 0.25) is 0 Å². The van der Waals surface area contributed by atoms with Crippen molar-refractivity contribution in [3.05, 3.63) is 0 Å². The molecule has 1 atom stereocenters. The van der Waals surface area contributed by atoms with E-state index in [1.165, 1.54) is 32.1 Å². The van der Waals surface area contributed by atoms with Crippen LogP contribution in [-0.2, 0) is 4.74 Å². The van der Waals surface area contributed by atoms with Gasteiger partial charge >= 0.3 is 0 Å². The molecule has 0 saturated heterocycles. The third-order valence-corrected chi connectivity index (χ3v) is 2.89. The third-order valence-electron chi connectivity index (χ3n) is 2.89. The third kappa shape index (κ3) is 13.9. The second-order valence-electron chi connectivity index (χ2n) is 4.84. The molecule has 0 aromatic carbocycles. The molecule has 18 heavy (non-hydrogen) atoms. The van der Waals surface area contributed by atoms with Crippen molar-refractivity contribution in [3.63, 3.8) is 0 Å². The van der Waals surface area contributed by atoms with Crippen LogP contribution in [0.4, 0.5) is 0 Å². The fourth-order valence-corrected chi connectivity index (χ4v) is 1.76. The average molecular weight is 260 g/mol. The zero-order chi connectivity index (χ0) is 13.5. The fraction of sp³-hybridized carbons (Fsp3) is 1.00. The molecule has 0 saturated carbocycles. The highest BCUT2D eigenvalue weighted by Gasteiger charge is 2.02. The Labute approximate surface area is 112 Å². The normalized spacial score (nSPS) is 12.8. The number of rotatable bonds is 14. The SMILES string of the molecule is CCCCCCCCOCC(O)CNCCCN. The molecule has 0 fully saturated rings. The summed E-state index contributed by atoms with van der Waals surface area (Å²) in [7, 11) is 0. The summed E-state index contributed by atoms with van der Waals surface area (Å²) in [6, 6.07) is 0. The molecule has 0 aromatic rings. The monoisotopic (exact) mass is 260 g/mol. The molecule has 0 amide bonds. The van der Waals surface area contributed by atoms with Gasteiger partial charge in [0.25, 0.3) is 0 Å². The Bertz CT molecular complexity index is 157. The second kappa shape index (κ2) is 14.9. The van der Waals surface area contributed by atoms with E-state index in [-0.39, 0.29) is 0 Å². The molecule has 0 aromatic heterocycles. The zero-order valence-electron chi connectivity index (χ0n) is 12.0.